The molecule has 1 aliphatic heterocycles. The molecule has 0 radical (unpaired) electrons. The molecule has 8 nitrogen and oxygen atoms in total. The first-order valence-corrected chi connectivity index (χ1v) is 11.5. The standard InChI is InChI=1S/C22H25N3O5S/c1-15-4-6-19-18(12-15)22(26)25(14-23-19)16-8-10-24(11-9-16)31(27,28)17-5-7-20(29-2)21(13-17)30-3/h4-7,12-14,16H,8-11H2,1-3H3. The summed E-state index contributed by atoms with van der Waals surface area (Å²) in [5, 5.41) is 0.586. The number of nitrogens with zero attached hydrogens (tertiary/aromatic N) is 3. The Bertz CT molecular complexity index is 1280. The smallest absolute Gasteiger partial charge is 0.261 e. The molecule has 1 aliphatic rings. The van der Waals surface area contributed by atoms with Crippen molar-refractivity contribution in [2.45, 2.75) is 30.7 Å². The first kappa shape index (κ1) is 21.3. The zero-order chi connectivity index (χ0) is 22.2. The van der Waals surface area contributed by atoms with Crippen LogP contribution >= 0.6 is 0 Å². The van der Waals surface area contributed by atoms with Crippen molar-refractivity contribution in [2.75, 3.05) is 27.3 Å². The van der Waals surface area contributed by atoms with Crippen molar-refractivity contribution < 1.29 is 17.9 Å². The van der Waals surface area contributed by atoms with Gasteiger partial charge in [0.2, 0.25) is 10.0 Å². The van der Waals surface area contributed by atoms with E-state index >= 15 is 0 Å². The van der Waals surface area contributed by atoms with Gasteiger partial charge in [-0.3, -0.25) is 9.36 Å². The highest BCUT2D eigenvalue weighted by molar-refractivity contribution is 7.89. The minimum atomic E-state index is -3.68. The minimum Gasteiger partial charge on any atom is -0.493 e. The number of hydrogen-bond donors (Lipinski definition) is 0. The third kappa shape index (κ3) is 3.90. The van der Waals surface area contributed by atoms with Crippen LogP contribution in [0.3, 0.4) is 0 Å². The molecule has 164 valence electrons. The molecule has 0 unspecified atom stereocenters. The van der Waals surface area contributed by atoms with Gasteiger partial charge in [0, 0.05) is 25.2 Å². The molecule has 0 bridgehead atoms. The van der Waals surface area contributed by atoms with Crippen LogP contribution in [0.15, 0.2) is 52.4 Å². The van der Waals surface area contributed by atoms with Crippen LogP contribution in [-0.4, -0.2) is 49.6 Å². The molecule has 1 aromatic heterocycles. The van der Waals surface area contributed by atoms with E-state index in [9.17, 15) is 13.2 Å². The monoisotopic (exact) mass is 443 g/mol. The van der Waals surface area contributed by atoms with Crippen LogP contribution in [-0.2, 0) is 10.0 Å². The molecule has 0 atom stereocenters. The largest absolute Gasteiger partial charge is 0.493 e. The molecule has 0 spiro atoms. The van der Waals surface area contributed by atoms with Crippen molar-refractivity contribution in [3.8, 4) is 11.5 Å². The van der Waals surface area contributed by atoms with Gasteiger partial charge in [-0.2, -0.15) is 4.31 Å². The summed E-state index contributed by atoms with van der Waals surface area (Å²) >= 11 is 0. The lowest BCUT2D eigenvalue weighted by Gasteiger charge is -2.32. The highest BCUT2D eigenvalue weighted by Crippen LogP contribution is 2.32. The van der Waals surface area contributed by atoms with Gasteiger partial charge in [-0.05, 0) is 44.0 Å². The number of rotatable bonds is 5. The van der Waals surface area contributed by atoms with E-state index in [1.165, 1.54) is 30.7 Å². The number of fused-ring (bicyclic) bond motifs is 1. The summed E-state index contributed by atoms with van der Waals surface area (Å²) < 4.78 is 39.8. The first-order valence-electron chi connectivity index (χ1n) is 10.0. The number of aromatic nitrogens is 2. The average molecular weight is 444 g/mol. The van der Waals surface area contributed by atoms with Crippen molar-refractivity contribution in [1.29, 1.82) is 0 Å². The zero-order valence-electron chi connectivity index (χ0n) is 17.7. The van der Waals surface area contributed by atoms with Crippen molar-refractivity contribution in [3.63, 3.8) is 0 Å². The summed E-state index contributed by atoms with van der Waals surface area (Å²) in [6, 6.07) is 10.1. The topological polar surface area (TPSA) is 90.7 Å². The summed E-state index contributed by atoms with van der Waals surface area (Å²) in [6.45, 7) is 2.58. The van der Waals surface area contributed by atoms with Gasteiger partial charge in [-0.25, -0.2) is 13.4 Å². The van der Waals surface area contributed by atoms with Crippen LogP contribution < -0.4 is 15.0 Å². The normalized spacial score (nSPS) is 15.8. The predicted octanol–water partition coefficient (Wildman–Crippen LogP) is 2.75. The molecule has 9 heteroatoms. The van der Waals surface area contributed by atoms with Gasteiger partial charge in [0.25, 0.3) is 5.56 Å². The van der Waals surface area contributed by atoms with Crippen LogP contribution in [0.5, 0.6) is 11.5 Å². The second kappa shape index (κ2) is 8.32. The Balaban J connectivity index is 1.55. The van der Waals surface area contributed by atoms with Crippen molar-refractivity contribution in [3.05, 3.63) is 58.6 Å². The Morgan fingerprint density at radius 3 is 2.39 bits per heavy atom. The number of ether oxygens (including phenoxy) is 2. The highest BCUT2D eigenvalue weighted by Gasteiger charge is 2.31. The van der Waals surface area contributed by atoms with Crippen LogP contribution in [0.1, 0.15) is 24.4 Å². The first-order chi connectivity index (χ1) is 14.8. The Morgan fingerprint density at radius 2 is 1.71 bits per heavy atom. The van der Waals surface area contributed by atoms with Gasteiger partial charge >= 0.3 is 0 Å². The lowest BCUT2D eigenvalue weighted by molar-refractivity contribution is 0.269. The predicted molar refractivity (Wildman–Crippen MR) is 117 cm³/mol. The molecule has 1 fully saturated rings. The number of aryl methyl sites for hydroxylation is 1. The lowest BCUT2D eigenvalue weighted by atomic mass is 10.1. The number of benzene rings is 2. The molecule has 2 aromatic carbocycles. The van der Waals surface area contributed by atoms with Gasteiger partial charge < -0.3 is 9.47 Å². The molecule has 3 aromatic rings. The molecular weight excluding hydrogens is 418 g/mol. The van der Waals surface area contributed by atoms with E-state index in [-0.39, 0.29) is 16.5 Å². The molecular formula is C22H25N3O5S. The minimum absolute atomic E-state index is 0.0881. The zero-order valence-corrected chi connectivity index (χ0v) is 18.6. The quantitative estimate of drug-likeness (QED) is 0.602. The van der Waals surface area contributed by atoms with Crippen molar-refractivity contribution in [1.82, 2.24) is 13.9 Å². The van der Waals surface area contributed by atoms with Crippen LogP contribution in [0.2, 0.25) is 0 Å². The Hall–Kier alpha value is -2.91. The Labute approximate surface area is 181 Å². The van der Waals surface area contributed by atoms with Crippen LogP contribution in [0, 0.1) is 6.92 Å². The highest BCUT2D eigenvalue weighted by atomic mass is 32.2. The third-order valence-corrected chi connectivity index (χ3v) is 7.64. The number of sulfonamides is 1. The molecule has 0 N–H and O–H groups in total. The van der Waals surface area contributed by atoms with Gasteiger partial charge in [0.05, 0.1) is 36.3 Å². The Morgan fingerprint density at radius 1 is 1.00 bits per heavy atom. The van der Waals surface area contributed by atoms with Crippen molar-refractivity contribution in [2.24, 2.45) is 0 Å². The summed E-state index contributed by atoms with van der Waals surface area (Å²) in [5.41, 5.74) is 1.58. The molecule has 2 heterocycles. The van der Waals surface area contributed by atoms with Gasteiger partial charge in [0.15, 0.2) is 11.5 Å². The second-order valence-electron chi connectivity index (χ2n) is 7.63. The van der Waals surface area contributed by atoms with Gasteiger partial charge in [-0.1, -0.05) is 11.6 Å². The van der Waals surface area contributed by atoms with E-state index in [1.807, 2.05) is 25.1 Å². The molecule has 0 amide bonds. The Kier molecular flexibility index (Phi) is 5.72. The third-order valence-electron chi connectivity index (χ3n) is 5.75. The SMILES string of the molecule is COc1ccc(S(=O)(=O)N2CCC(n3cnc4ccc(C)cc4c3=O)CC2)cc1OC. The molecule has 4 rings (SSSR count). The number of hydrogen-bond acceptors (Lipinski definition) is 6. The summed E-state index contributed by atoms with van der Waals surface area (Å²) in [6.07, 6.45) is 2.64. The number of methoxy groups -OCH3 is 2. The maximum absolute atomic E-state index is 13.1. The van der Waals surface area contributed by atoms with E-state index in [0.717, 1.165) is 5.56 Å². The fourth-order valence-corrected chi connectivity index (χ4v) is 5.48. The van der Waals surface area contributed by atoms with E-state index in [4.69, 9.17) is 9.47 Å². The van der Waals surface area contributed by atoms with Crippen LogP contribution in [0.25, 0.3) is 10.9 Å². The maximum Gasteiger partial charge on any atom is 0.261 e. The maximum atomic E-state index is 13.1. The fraction of sp³-hybridized carbons (Fsp3) is 0.364. The van der Waals surface area contributed by atoms with E-state index in [1.54, 1.807) is 17.0 Å². The van der Waals surface area contributed by atoms with Crippen molar-refractivity contribution >= 4 is 20.9 Å². The summed E-state index contributed by atoms with van der Waals surface area (Å²) in [7, 11) is -0.710. The van der Waals surface area contributed by atoms with E-state index < -0.39 is 10.0 Å². The van der Waals surface area contributed by atoms with Gasteiger partial charge in [0.1, 0.15) is 0 Å². The molecule has 0 aliphatic carbocycles. The lowest BCUT2D eigenvalue weighted by Crippen LogP contribution is -2.40. The fourth-order valence-electron chi connectivity index (χ4n) is 4.00. The second-order valence-corrected chi connectivity index (χ2v) is 9.57. The van der Waals surface area contributed by atoms with Gasteiger partial charge in [-0.15, -0.1) is 0 Å². The number of piperidine rings is 1. The summed E-state index contributed by atoms with van der Waals surface area (Å²) in [5.74, 6) is 0.834. The summed E-state index contributed by atoms with van der Waals surface area (Å²) in [4.78, 5) is 17.5. The average Bonchev–Trinajstić information content (AvgIpc) is 2.79. The molecule has 1 saturated heterocycles. The molecule has 0 saturated carbocycles. The molecule has 31 heavy (non-hydrogen) atoms. The van der Waals surface area contributed by atoms with E-state index in [0.29, 0.717) is 48.3 Å². The van der Waals surface area contributed by atoms with Crippen LogP contribution in [0.4, 0.5) is 0 Å². The van der Waals surface area contributed by atoms with E-state index in [2.05, 4.69) is 4.98 Å².